The third-order valence-electron chi connectivity index (χ3n) is 3.93. The van der Waals surface area contributed by atoms with E-state index in [4.69, 9.17) is 4.74 Å². The van der Waals surface area contributed by atoms with Crippen LogP contribution in [0.15, 0.2) is 48.8 Å². The van der Waals surface area contributed by atoms with Crippen LogP contribution < -0.4 is 0 Å². The Bertz CT molecular complexity index is 779. The van der Waals surface area contributed by atoms with Crippen molar-refractivity contribution in [2.24, 2.45) is 0 Å². The maximum Gasteiger partial charge on any atom is 0.410 e. The summed E-state index contributed by atoms with van der Waals surface area (Å²) in [6.07, 6.45) is 4.13. The van der Waals surface area contributed by atoms with Gasteiger partial charge in [0.05, 0.1) is 11.4 Å². The van der Waals surface area contributed by atoms with Gasteiger partial charge in [-0.15, -0.1) is 0 Å². The molecule has 0 spiro atoms. The SMILES string of the molecule is CC(C)(C)OC(=O)N1CC=C(c2cc(-c3ccccc3)ncn2)CC1. The van der Waals surface area contributed by atoms with Gasteiger partial charge in [-0.25, -0.2) is 14.8 Å². The summed E-state index contributed by atoms with van der Waals surface area (Å²) in [5, 5.41) is 0. The van der Waals surface area contributed by atoms with Crippen LogP contribution in [0, 0.1) is 0 Å². The standard InChI is InChI=1S/C20H23N3O2/c1-20(2,3)25-19(24)23-11-9-16(10-12-23)18-13-17(21-14-22-18)15-7-5-4-6-8-15/h4-9,13-14H,10-12H2,1-3H3. The smallest absolute Gasteiger partial charge is 0.410 e. The first-order valence-electron chi connectivity index (χ1n) is 8.47. The maximum atomic E-state index is 12.1. The van der Waals surface area contributed by atoms with E-state index in [2.05, 4.69) is 9.97 Å². The van der Waals surface area contributed by atoms with E-state index in [1.807, 2.05) is 63.2 Å². The predicted molar refractivity (Wildman–Crippen MR) is 97.9 cm³/mol. The minimum Gasteiger partial charge on any atom is -0.444 e. The molecular formula is C20H23N3O2. The summed E-state index contributed by atoms with van der Waals surface area (Å²) in [6.45, 7) is 6.80. The lowest BCUT2D eigenvalue weighted by molar-refractivity contribution is 0.0270. The van der Waals surface area contributed by atoms with Crippen LogP contribution in [0.1, 0.15) is 32.9 Å². The second kappa shape index (κ2) is 7.05. The summed E-state index contributed by atoms with van der Waals surface area (Å²) in [7, 11) is 0. The molecule has 25 heavy (non-hydrogen) atoms. The average Bonchev–Trinajstić information content (AvgIpc) is 2.61. The summed E-state index contributed by atoms with van der Waals surface area (Å²) in [6, 6.07) is 12.0. The normalized spacial score (nSPS) is 14.8. The van der Waals surface area contributed by atoms with Crippen LogP contribution in [0.5, 0.6) is 0 Å². The van der Waals surface area contributed by atoms with Gasteiger partial charge in [-0.2, -0.15) is 0 Å². The first-order chi connectivity index (χ1) is 11.9. The molecule has 1 aliphatic heterocycles. The summed E-state index contributed by atoms with van der Waals surface area (Å²) in [4.78, 5) is 22.6. The predicted octanol–water partition coefficient (Wildman–Crippen LogP) is 4.17. The highest BCUT2D eigenvalue weighted by Gasteiger charge is 2.24. The molecule has 5 nitrogen and oxygen atoms in total. The van der Waals surface area contributed by atoms with Gasteiger partial charge in [-0.1, -0.05) is 36.4 Å². The zero-order valence-corrected chi connectivity index (χ0v) is 14.9. The molecule has 0 saturated heterocycles. The van der Waals surface area contributed by atoms with Crippen LogP contribution in [-0.2, 0) is 4.74 Å². The van der Waals surface area contributed by atoms with E-state index in [1.54, 1.807) is 11.2 Å². The number of amides is 1. The molecule has 0 N–H and O–H groups in total. The minimum absolute atomic E-state index is 0.268. The molecule has 1 aromatic carbocycles. The number of rotatable bonds is 2. The van der Waals surface area contributed by atoms with Crippen LogP contribution in [0.25, 0.3) is 16.8 Å². The molecule has 0 fully saturated rings. The van der Waals surface area contributed by atoms with E-state index in [0.29, 0.717) is 13.1 Å². The molecule has 0 bridgehead atoms. The molecule has 0 aliphatic carbocycles. The lowest BCUT2D eigenvalue weighted by atomic mass is 10.0. The quantitative estimate of drug-likeness (QED) is 0.825. The third-order valence-corrected chi connectivity index (χ3v) is 3.93. The number of hydrogen-bond acceptors (Lipinski definition) is 4. The van der Waals surface area contributed by atoms with Crippen molar-refractivity contribution in [1.82, 2.24) is 14.9 Å². The van der Waals surface area contributed by atoms with Gasteiger partial charge in [0.15, 0.2) is 0 Å². The molecule has 1 aromatic heterocycles. The third kappa shape index (κ3) is 4.44. The number of ether oxygens (including phenoxy) is 1. The van der Waals surface area contributed by atoms with Crippen molar-refractivity contribution >= 4 is 11.7 Å². The number of nitrogens with zero attached hydrogens (tertiary/aromatic N) is 3. The Labute approximate surface area is 148 Å². The molecule has 130 valence electrons. The number of aromatic nitrogens is 2. The van der Waals surface area contributed by atoms with Crippen molar-refractivity contribution in [2.45, 2.75) is 32.8 Å². The fourth-order valence-electron chi connectivity index (χ4n) is 2.69. The van der Waals surface area contributed by atoms with Gasteiger partial charge in [-0.3, -0.25) is 0 Å². The van der Waals surface area contributed by atoms with Gasteiger partial charge < -0.3 is 9.64 Å². The first-order valence-corrected chi connectivity index (χ1v) is 8.47. The van der Waals surface area contributed by atoms with Crippen molar-refractivity contribution in [2.75, 3.05) is 13.1 Å². The number of benzene rings is 1. The van der Waals surface area contributed by atoms with E-state index < -0.39 is 5.60 Å². The summed E-state index contributed by atoms with van der Waals surface area (Å²) < 4.78 is 5.43. The van der Waals surface area contributed by atoms with Crippen molar-refractivity contribution in [3.63, 3.8) is 0 Å². The number of carbonyl (C=O) groups excluding carboxylic acids is 1. The van der Waals surface area contributed by atoms with Crippen LogP contribution in [0.3, 0.4) is 0 Å². The molecule has 1 aliphatic rings. The minimum atomic E-state index is -0.474. The Hall–Kier alpha value is -2.69. The molecular weight excluding hydrogens is 314 g/mol. The highest BCUT2D eigenvalue weighted by molar-refractivity contribution is 5.73. The number of carbonyl (C=O) groups is 1. The molecule has 3 rings (SSSR count). The molecule has 5 heteroatoms. The highest BCUT2D eigenvalue weighted by Crippen LogP contribution is 2.25. The Morgan fingerprint density at radius 2 is 1.84 bits per heavy atom. The summed E-state index contributed by atoms with van der Waals surface area (Å²) >= 11 is 0. The van der Waals surface area contributed by atoms with E-state index >= 15 is 0 Å². The fourth-order valence-corrected chi connectivity index (χ4v) is 2.69. The topological polar surface area (TPSA) is 55.3 Å². The van der Waals surface area contributed by atoms with Gasteiger partial charge in [0.1, 0.15) is 11.9 Å². The van der Waals surface area contributed by atoms with Gasteiger partial charge in [0, 0.05) is 18.7 Å². The first kappa shape index (κ1) is 17.1. The molecule has 2 heterocycles. The summed E-state index contributed by atoms with van der Waals surface area (Å²) in [5.74, 6) is 0. The van der Waals surface area contributed by atoms with Crippen molar-refractivity contribution in [3.05, 3.63) is 54.5 Å². The molecule has 2 aromatic rings. The monoisotopic (exact) mass is 337 g/mol. The largest absolute Gasteiger partial charge is 0.444 e. The Balaban J connectivity index is 1.73. The van der Waals surface area contributed by atoms with Crippen LogP contribution in [-0.4, -0.2) is 39.7 Å². The molecule has 0 radical (unpaired) electrons. The van der Waals surface area contributed by atoms with Crippen molar-refractivity contribution in [3.8, 4) is 11.3 Å². The highest BCUT2D eigenvalue weighted by atomic mass is 16.6. The number of hydrogen-bond donors (Lipinski definition) is 0. The molecule has 0 unspecified atom stereocenters. The van der Waals surface area contributed by atoms with Gasteiger partial charge in [0.2, 0.25) is 0 Å². The van der Waals surface area contributed by atoms with Crippen LogP contribution >= 0.6 is 0 Å². The maximum absolute atomic E-state index is 12.1. The van der Waals surface area contributed by atoms with E-state index in [0.717, 1.165) is 28.9 Å². The zero-order chi connectivity index (χ0) is 17.9. The van der Waals surface area contributed by atoms with E-state index in [-0.39, 0.29) is 6.09 Å². The van der Waals surface area contributed by atoms with Gasteiger partial charge >= 0.3 is 6.09 Å². The lowest BCUT2D eigenvalue weighted by Crippen LogP contribution is -2.39. The van der Waals surface area contributed by atoms with Gasteiger partial charge in [-0.05, 0) is 38.8 Å². The summed E-state index contributed by atoms with van der Waals surface area (Å²) in [5.41, 5.74) is 3.55. The lowest BCUT2D eigenvalue weighted by Gasteiger charge is -2.29. The van der Waals surface area contributed by atoms with Crippen LogP contribution in [0.2, 0.25) is 0 Å². The van der Waals surface area contributed by atoms with Crippen molar-refractivity contribution in [1.29, 1.82) is 0 Å². The van der Waals surface area contributed by atoms with Gasteiger partial charge in [0.25, 0.3) is 0 Å². The van der Waals surface area contributed by atoms with E-state index in [1.165, 1.54) is 0 Å². The second-order valence-electron chi connectivity index (χ2n) is 7.06. The zero-order valence-electron chi connectivity index (χ0n) is 14.9. The van der Waals surface area contributed by atoms with Crippen LogP contribution in [0.4, 0.5) is 4.79 Å². The molecule has 0 atom stereocenters. The second-order valence-corrected chi connectivity index (χ2v) is 7.06. The van der Waals surface area contributed by atoms with Crippen molar-refractivity contribution < 1.29 is 9.53 Å². The van der Waals surface area contributed by atoms with E-state index in [9.17, 15) is 4.79 Å². The fraction of sp³-hybridized carbons (Fsp3) is 0.350. The molecule has 1 amide bonds. The Morgan fingerprint density at radius 3 is 2.48 bits per heavy atom. The average molecular weight is 337 g/mol. The Kier molecular flexibility index (Phi) is 4.83. The Morgan fingerprint density at radius 1 is 1.12 bits per heavy atom. The molecule has 0 saturated carbocycles.